The smallest absolute Gasteiger partial charge is 0.0308 e. The van der Waals surface area contributed by atoms with Gasteiger partial charge in [-0.15, -0.1) is 0 Å². The average molecular weight is 235 g/mol. The van der Waals surface area contributed by atoms with Crippen LogP contribution in [0.2, 0.25) is 0 Å². The van der Waals surface area contributed by atoms with Crippen molar-refractivity contribution in [2.45, 2.75) is 83.6 Å². The van der Waals surface area contributed by atoms with Crippen LogP contribution in [0.5, 0.6) is 0 Å². The van der Waals surface area contributed by atoms with E-state index >= 15 is 0 Å². The first-order valence-electron chi connectivity index (χ1n) is 7.67. The molecule has 2 aliphatic rings. The zero-order valence-electron chi connectivity index (χ0n) is 11.5. The zero-order chi connectivity index (χ0) is 12.1. The Labute approximate surface area is 107 Å². The van der Waals surface area contributed by atoms with Gasteiger partial charge in [0.25, 0.3) is 0 Å². The van der Waals surface area contributed by atoms with Gasteiger partial charge in [-0.3, -0.25) is 0 Å². The first-order chi connectivity index (χ1) is 8.22. The molecule has 1 nitrogen and oxygen atoms in total. The lowest BCUT2D eigenvalue weighted by atomic mass is 9.68. The van der Waals surface area contributed by atoms with E-state index in [2.05, 4.69) is 13.0 Å². The van der Waals surface area contributed by atoms with Crippen molar-refractivity contribution in [2.24, 2.45) is 11.1 Å². The maximum Gasteiger partial charge on any atom is 0.0308 e. The fourth-order valence-electron chi connectivity index (χ4n) is 3.62. The SMILES string of the molecule is CC1(C(N)C2=CCCCCCC2)CCCCC1. The molecule has 0 aromatic carbocycles. The molecule has 2 N–H and O–H groups in total. The normalized spacial score (nSPS) is 27.8. The Morgan fingerprint density at radius 2 is 1.65 bits per heavy atom. The fraction of sp³-hybridized carbons (Fsp3) is 0.875. The highest BCUT2D eigenvalue weighted by atomic mass is 14.7. The molecule has 1 saturated carbocycles. The Kier molecular flexibility index (Phi) is 4.67. The Balaban J connectivity index is 2.03. The van der Waals surface area contributed by atoms with Gasteiger partial charge < -0.3 is 5.73 Å². The minimum absolute atomic E-state index is 0.334. The second kappa shape index (κ2) is 6.04. The molecular formula is C16H29N. The third-order valence-electron chi connectivity index (χ3n) is 4.97. The van der Waals surface area contributed by atoms with E-state index in [9.17, 15) is 0 Å². The molecule has 0 saturated heterocycles. The summed E-state index contributed by atoms with van der Waals surface area (Å²) in [5.74, 6) is 0. The molecular weight excluding hydrogens is 206 g/mol. The summed E-state index contributed by atoms with van der Waals surface area (Å²) in [4.78, 5) is 0. The summed E-state index contributed by atoms with van der Waals surface area (Å²) in [7, 11) is 0. The van der Waals surface area contributed by atoms with Crippen molar-refractivity contribution < 1.29 is 0 Å². The van der Waals surface area contributed by atoms with Crippen LogP contribution in [0.4, 0.5) is 0 Å². The van der Waals surface area contributed by atoms with Gasteiger partial charge in [-0.1, -0.05) is 50.7 Å². The van der Waals surface area contributed by atoms with Gasteiger partial charge in [-0.05, 0) is 43.9 Å². The average Bonchev–Trinajstić information content (AvgIpc) is 2.29. The Morgan fingerprint density at radius 3 is 2.41 bits per heavy atom. The highest BCUT2D eigenvalue weighted by Gasteiger charge is 2.34. The molecule has 1 heteroatoms. The van der Waals surface area contributed by atoms with Crippen molar-refractivity contribution in [3.63, 3.8) is 0 Å². The summed E-state index contributed by atoms with van der Waals surface area (Å²) in [6, 6.07) is 0.334. The molecule has 1 atom stereocenters. The summed E-state index contributed by atoms with van der Waals surface area (Å²) < 4.78 is 0. The molecule has 2 aliphatic carbocycles. The number of hydrogen-bond donors (Lipinski definition) is 1. The monoisotopic (exact) mass is 235 g/mol. The predicted molar refractivity (Wildman–Crippen MR) is 75.0 cm³/mol. The molecule has 0 aromatic heterocycles. The molecule has 2 rings (SSSR count). The Bertz CT molecular complexity index is 261. The second-order valence-corrected chi connectivity index (χ2v) is 6.42. The van der Waals surface area contributed by atoms with Gasteiger partial charge in [0.15, 0.2) is 0 Å². The number of hydrogen-bond acceptors (Lipinski definition) is 1. The molecule has 0 amide bonds. The predicted octanol–water partition coefficient (Wildman–Crippen LogP) is 4.56. The minimum Gasteiger partial charge on any atom is -0.324 e. The second-order valence-electron chi connectivity index (χ2n) is 6.42. The number of allylic oxidation sites excluding steroid dienone is 1. The van der Waals surface area contributed by atoms with Crippen molar-refractivity contribution in [3.05, 3.63) is 11.6 Å². The van der Waals surface area contributed by atoms with E-state index in [-0.39, 0.29) is 0 Å². The molecule has 0 bridgehead atoms. The van der Waals surface area contributed by atoms with Gasteiger partial charge in [0.2, 0.25) is 0 Å². The van der Waals surface area contributed by atoms with E-state index in [1.54, 1.807) is 5.57 Å². The quantitative estimate of drug-likeness (QED) is 0.697. The minimum atomic E-state index is 0.334. The van der Waals surface area contributed by atoms with Gasteiger partial charge >= 0.3 is 0 Å². The highest BCUT2D eigenvalue weighted by Crippen LogP contribution is 2.41. The fourth-order valence-corrected chi connectivity index (χ4v) is 3.62. The summed E-state index contributed by atoms with van der Waals surface area (Å²) >= 11 is 0. The van der Waals surface area contributed by atoms with Crippen LogP contribution in [0.1, 0.15) is 77.6 Å². The first-order valence-corrected chi connectivity index (χ1v) is 7.67. The van der Waals surface area contributed by atoms with Crippen LogP contribution in [0.15, 0.2) is 11.6 Å². The van der Waals surface area contributed by atoms with Crippen molar-refractivity contribution >= 4 is 0 Å². The van der Waals surface area contributed by atoms with E-state index < -0.39 is 0 Å². The Hall–Kier alpha value is -0.300. The van der Waals surface area contributed by atoms with Gasteiger partial charge in [0.05, 0.1) is 0 Å². The van der Waals surface area contributed by atoms with Crippen molar-refractivity contribution in [2.75, 3.05) is 0 Å². The lowest BCUT2D eigenvalue weighted by Crippen LogP contribution is -2.42. The Morgan fingerprint density at radius 1 is 1.00 bits per heavy atom. The van der Waals surface area contributed by atoms with Crippen molar-refractivity contribution in [1.29, 1.82) is 0 Å². The van der Waals surface area contributed by atoms with Gasteiger partial charge in [-0.25, -0.2) is 0 Å². The third-order valence-corrected chi connectivity index (χ3v) is 4.97. The first kappa shape index (κ1) is 13.1. The highest BCUT2D eigenvalue weighted by molar-refractivity contribution is 5.15. The summed E-state index contributed by atoms with van der Waals surface area (Å²) in [6.45, 7) is 2.43. The number of rotatable bonds is 2. The van der Waals surface area contributed by atoms with Gasteiger partial charge in [0, 0.05) is 6.04 Å². The maximum absolute atomic E-state index is 6.61. The summed E-state index contributed by atoms with van der Waals surface area (Å²) in [5, 5.41) is 0. The molecule has 0 heterocycles. The van der Waals surface area contributed by atoms with Gasteiger partial charge in [0.1, 0.15) is 0 Å². The lowest BCUT2D eigenvalue weighted by molar-refractivity contribution is 0.184. The van der Waals surface area contributed by atoms with E-state index in [1.165, 1.54) is 70.6 Å². The molecule has 0 aromatic rings. The molecule has 0 radical (unpaired) electrons. The van der Waals surface area contributed by atoms with Gasteiger partial charge in [-0.2, -0.15) is 0 Å². The molecule has 1 unspecified atom stereocenters. The van der Waals surface area contributed by atoms with Crippen LogP contribution in [0.25, 0.3) is 0 Å². The molecule has 98 valence electrons. The van der Waals surface area contributed by atoms with E-state index in [1.807, 2.05) is 0 Å². The standard InChI is InChI=1S/C16H29N/c1-16(12-8-5-9-13-16)15(17)14-10-6-3-2-4-7-11-14/h10,15H,2-9,11-13,17H2,1H3. The van der Waals surface area contributed by atoms with E-state index in [4.69, 9.17) is 5.73 Å². The summed E-state index contributed by atoms with van der Waals surface area (Å²) in [5.41, 5.74) is 8.58. The maximum atomic E-state index is 6.61. The number of nitrogens with two attached hydrogens (primary N) is 1. The largest absolute Gasteiger partial charge is 0.324 e. The summed E-state index contributed by atoms with van der Waals surface area (Å²) in [6.07, 6.45) is 17.4. The van der Waals surface area contributed by atoms with Crippen LogP contribution in [0, 0.1) is 5.41 Å². The van der Waals surface area contributed by atoms with Crippen molar-refractivity contribution in [1.82, 2.24) is 0 Å². The van der Waals surface area contributed by atoms with Crippen molar-refractivity contribution in [3.8, 4) is 0 Å². The molecule has 0 spiro atoms. The zero-order valence-corrected chi connectivity index (χ0v) is 11.5. The van der Waals surface area contributed by atoms with Crippen LogP contribution in [-0.4, -0.2) is 6.04 Å². The van der Waals surface area contributed by atoms with Crippen LogP contribution in [0.3, 0.4) is 0 Å². The van der Waals surface area contributed by atoms with Crippen LogP contribution < -0.4 is 5.73 Å². The topological polar surface area (TPSA) is 26.0 Å². The van der Waals surface area contributed by atoms with Crippen LogP contribution in [-0.2, 0) is 0 Å². The van der Waals surface area contributed by atoms with E-state index in [0.717, 1.165) is 0 Å². The van der Waals surface area contributed by atoms with Crippen LogP contribution >= 0.6 is 0 Å². The molecule has 1 fully saturated rings. The molecule has 17 heavy (non-hydrogen) atoms. The van der Waals surface area contributed by atoms with E-state index in [0.29, 0.717) is 11.5 Å². The molecule has 0 aliphatic heterocycles. The third kappa shape index (κ3) is 3.34. The lowest BCUT2D eigenvalue weighted by Gasteiger charge is -2.40.